The first-order chi connectivity index (χ1) is 16.4. The molecule has 0 aliphatic carbocycles. The largest absolute Gasteiger partial charge is 0.489 e. The molecule has 0 radical (unpaired) electrons. The Labute approximate surface area is 205 Å². The number of nitrogens with zero attached hydrogens (tertiary/aromatic N) is 3. The van der Waals surface area contributed by atoms with E-state index < -0.39 is 21.3 Å². The number of primary amides is 1. The summed E-state index contributed by atoms with van der Waals surface area (Å²) in [6, 6.07) is 5.02. The molecule has 1 aromatic carbocycles. The third-order valence-electron chi connectivity index (χ3n) is 6.15. The second-order valence-electron chi connectivity index (χ2n) is 10.1. The number of aromatic nitrogens is 2. The van der Waals surface area contributed by atoms with Crippen LogP contribution in [0.2, 0.25) is 0 Å². The van der Waals surface area contributed by atoms with Crippen molar-refractivity contribution in [1.29, 1.82) is 0 Å². The van der Waals surface area contributed by atoms with Crippen molar-refractivity contribution in [3.8, 4) is 16.9 Å². The van der Waals surface area contributed by atoms with Gasteiger partial charge in [-0.05, 0) is 44.9 Å². The third-order valence-corrected chi connectivity index (χ3v) is 7.90. The van der Waals surface area contributed by atoms with E-state index in [0.29, 0.717) is 38.1 Å². The lowest BCUT2D eigenvalue weighted by atomic mass is 10.0. The smallest absolute Gasteiger partial charge is 0.410 e. The van der Waals surface area contributed by atoms with Crippen molar-refractivity contribution in [1.82, 2.24) is 14.7 Å². The summed E-state index contributed by atoms with van der Waals surface area (Å²) in [6.07, 6.45) is 4.69. The Hall–Kier alpha value is -3.08. The molecule has 190 valence electrons. The van der Waals surface area contributed by atoms with Gasteiger partial charge in [0.05, 0.1) is 29.3 Å². The number of amides is 2. The monoisotopic (exact) mass is 504 g/mol. The number of benzene rings is 1. The molecular weight excluding hydrogens is 472 g/mol. The molecule has 2 amide bonds. The van der Waals surface area contributed by atoms with Crippen molar-refractivity contribution in [2.24, 2.45) is 5.73 Å². The van der Waals surface area contributed by atoms with Crippen molar-refractivity contribution >= 4 is 21.8 Å². The van der Waals surface area contributed by atoms with Crippen molar-refractivity contribution in [3.05, 3.63) is 36.2 Å². The van der Waals surface area contributed by atoms with Gasteiger partial charge in [0.25, 0.3) is 5.91 Å². The molecule has 35 heavy (non-hydrogen) atoms. The standard InChI is InChI=1S/C24H32N4O6S/c1-24(2,3)34-23(30)27-9-6-19(7-10-27)33-21-5-4-16(12-20(21)22(25)29)17-13-26-28(14-17)18-8-11-35(31,32)15-18/h4-5,12-14,18-19H,6-11,15H2,1-3H3,(H2,25,29). The van der Waals surface area contributed by atoms with E-state index in [2.05, 4.69) is 5.10 Å². The van der Waals surface area contributed by atoms with Crippen LogP contribution >= 0.6 is 0 Å². The molecule has 10 nitrogen and oxygen atoms in total. The Balaban J connectivity index is 1.43. The third kappa shape index (κ3) is 6.14. The van der Waals surface area contributed by atoms with Crippen LogP contribution < -0.4 is 10.5 Å². The summed E-state index contributed by atoms with van der Waals surface area (Å²) in [5, 5.41) is 4.34. The molecule has 4 rings (SSSR count). The summed E-state index contributed by atoms with van der Waals surface area (Å²) < 4.78 is 36.8. The van der Waals surface area contributed by atoms with Crippen LogP contribution in [0.1, 0.15) is 56.4 Å². The average molecular weight is 505 g/mol. The van der Waals surface area contributed by atoms with E-state index in [4.69, 9.17) is 15.2 Å². The summed E-state index contributed by atoms with van der Waals surface area (Å²) in [5.74, 6) is 0.0373. The number of likely N-dealkylation sites (tertiary alicyclic amines) is 1. The molecule has 2 aliphatic heterocycles. The topological polar surface area (TPSA) is 134 Å². The zero-order chi connectivity index (χ0) is 25.4. The van der Waals surface area contributed by atoms with Crippen LogP contribution in [0.3, 0.4) is 0 Å². The molecule has 0 saturated carbocycles. The lowest BCUT2D eigenvalue weighted by Crippen LogP contribution is -2.44. The molecular formula is C24H32N4O6S. The van der Waals surface area contributed by atoms with Crippen LogP contribution in [0.4, 0.5) is 4.79 Å². The number of hydrogen-bond acceptors (Lipinski definition) is 7. The van der Waals surface area contributed by atoms with E-state index in [1.807, 2.05) is 26.8 Å². The molecule has 2 aromatic rings. The number of carbonyl (C=O) groups excluding carboxylic acids is 2. The number of hydrogen-bond donors (Lipinski definition) is 1. The summed E-state index contributed by atoms with van der Waals surface area (Å²) in [6.45, 7) is 6.50. The number of rotatable bonds is 5. The number of ether oxygens (including phenoxy) is 2. The van der Waals surface area contributed by atoms with Gasteiger partial charge < -0.3 is 20.1 Å². The molecule has 0 spiro atoms. The SMILES string of the molecule is CC(C)(C)OC(=O)N1CCC(Oc2ccc(-c3cnn(C4CCS(=O)(=O)C4)c3)cc2C(N)=O)CC1. The molecule has 2 saturated heterocycles. The highest BCUT2D eigenvalue weighted by atomic mass is 32.2. The highest BCUT2D eigenvalue weighted by molar-refractivity contribution is 7.91. The van der Waals surface area contributed by atoms with Gasteiger partial charge in [0.15, 0.2) is 9.84 Å². The van der Waals surface area contributed by atoms with Gasteiger partial charge in [-0.2, -0.15) is 5.10 Å². The Bertz CT molecular complexity index is 1210. The molecule has 2 N–H and O–H groups in total. The van der Waals surface area contributed by atoms with Gasteiger partial charge >= 0.3 is 6.09 Å². The number of nitrogens with two attached hydrogens (primary N) is 1. The first kappa shape index (κ1) is 25.0. The van der Waals surface area contributed by atoms with Crippen LogP contribution in [-0.2, 0) is 14.6 Å². The fourth-order valence-corrected chi connectivity index (χ4v) is 6.04. The van der Waals surface area contributed by atoms with E-state index in [-0.39, 0.29) is 35.3 Å². The zero-order valence-electron chi connectivity index (χ0n) is 20.3. The molecule has 3 heterocycles. The van der Waals surface area contributed by atoms with Crippen LogP contribution in [0.15, 0.2) is 30.6 Å². The minimum absolute atomic E-state index is 0.0835. The van der Waals surface area contributed by atoms with Gasteiger partial charge in [0.2, 0.25) is 0 Å². The van der Waals surface area contributed by atoms with Gasteiger partial charge in [0.1, 0.15) is 17.5 Å². The number of piperidine rings is 1. The van der Waals surface area contributed by atoms with Crippen molar-refractivity contribution in [3.63, 3.8) is 0 Å². The molecule has 11 heteroatoms. The maximum absolute atomic E-state index is 12.3. The van der Waals surface area contributed by atoms with Gasteiger partial charge in [-0.25, -0.2) is 13.2 Å². The number of carbonyl (C=O) groups is 2. The fourth-order valence-electron chi connectivity index (χ4n) is 4.34. The lowest BCUT2D eigenvalue weighted by Gasteiger charge is -2.33. The van der Waals surface area contributed by atoms with Gasteiger partial charge in [-0.1, -0.05) is 6.07 Å². The zero-order valence-corrected chi connectivity index (χ0v) is 21.1. The Morgan fingerprint density at radius 1 is 1.11 bits per heavy atom. The first-order valence-electron chi connectivity index (χ1n) is 11.7. The maximum atomic E-state index is 12.3. The predicted octanol–water partition coefficient (Wildman–Crippen LogP) is 2.79. The van der Waals surface area contributed by atoms with Gasteiger partial charge in [0, 0.05) is 37.7 Å². The van der Waals surface area contributed by atoms with Crippen molar-refractivity contribution in [2.45, 2.75) is 57.8 Å². The van der Waals surface area contributed by atoms with E-state index in [0.717, 1.165) is 11.1 Å². The quantitative estimate of drug-likeness (QED) is 0.662. The molecule has 2 fully saturated rings. The summed E-state index contributed by atoms with van der Waals surface area (Å²) in [5.41, 5.74) is 6.85. The van der Waals surface area contributed by atoms with Gasteiger partial charge in [-0.15, -0.1) is 0 Å². The summed E-state index contributed by atoms with van der Waals surface area (Å²) in [4.78, 5) is 26.1. The minimum Gasteiger partial charge on any atom is -0.489 e. The lowest BCUT2D eigenvalue weighted by molar-refractivity contribution is 0.0126. The van der Waals surface area contributed by atoms with Crippen molar-refractivity contribution in [2.75, 3.05) is 24.6 Å². The first-order valence-corrected chi connectivity index (χ1v) is 13.6. The van der Waals surface area contributed by atoms with Gasteiger partial charge in [-0.3, -0.25) is 9.48 Å². The Morgan fingerprint density at radius 2 is 1.83 bits per heavy atom. The summed E-state index contributed by atoms with van der Waals surface area (Å²) >= 11 is 0. The van der Waals surface area contributed by atoms with Crippen LogP contribution in [0.5, 0.6) is 5.75 Å². The predicted molar refractivity (Wildman–Crippen MR) is 130 cm³/mol. The van der Waals surface area contributed by atoms with E-state index in [1.54, 1.807) is 34.1 Å². The Morgan fingerprint density at radius 3 is 2.43 bits per heavy atom. The average Bonchev–Trinajstić information content (AvgIpc) is 3.39. The van der Waals surface area contributed by atoms with E-state index >= 15 is 0 Å². The normalized spacial score (nSPS) is 20.5. The molecule has 1 aromatic heterocycles. The Kier molecular flexibility index (Phi) is 6.81. The molecule has 1 atom stereocenters. The highest BCUT2D eigenvalue weighted by Crippen LogP contribution is 2.30. The van der Waals surface area contributed by atoms with Crippen molar-refractivity contribution < 1.29 is 27.5 Å². The highest BCUT2D eigenvalue weighted by Gasteiger charge is 2.30. The maximum Gasteiger partial charge on any atom is 0.410 e. The fraction of sp³-hybridized carbons (Fsp3) is 0.542. The van der Waals surface area contributed by atoms with E-state index in [1.165, 1.54) is 0 Å². The second-order valence-corrected chi connectivity index (χ2v) is 12.4. The molecule has 1 unspecified atom stereocenters. The second kappa shape index (κ2) is 9.52. The summed E-state index contributed by atoms with van der Waals surface area (Å²) in [7, 11) is -3.02. The minimum atomic E-state index is -3.02. The number of sulfone groups is 1. The van der Waals surface area contributed by atoms with Crippen LogP contribution in [0.25, 0.3) is 11.1 Å². The molecule has 0 bridgehead atoms. The van der Waals surface area contributed by atoms with Crippen LogP contribution in [-0.4, -0.2) is 71.4 Å². The van der Waals surface area contributed by atoms with Crippen LogP contribution in [0, 0.1) is 0 Å². The molecule has 2 aliphatic rings. The van der Waals surface area contributed by atoms with E-state index in [9.17, 15) is 18.0 Å².